The average Bonchev–Trinajstić information content (AvgIpc) is 3.59. The Labute approximate surface area is 233 Å². The van der Waals surface area contributed by atoms with Crippen LogP contribution in [-0.2, 0) is 6.18 Å². The zero-order valence-electron chi connectivity index (χ0n) is 21.0. The number of aryl methyl sites for hydroxylation is 2. The Bertz CT molecular complexity index is 2010. The number of aliphatic imine (C=N–C) groups is 1. The third kappa shape index (κ3) is 4.46. The predicted molar refractivity (Wildman–Crippen MR) is 154 cm³/mol. The van der Waals surface area contributed by atoms with Gasteiger partial charge in [-0.1, -0.05) is 53.3 Å². The number of hydrogen-bond acceptors (Lipinski definition) is 7. The fraction of sp³-hybridized carbons (Fsp3) is 0.103. The summed E-state index contributed by atoms with van der Waals surface area (Å²) in [5.74, 6) is -0.338. The molecule has 4 aromatic heterocycles. The van der Waals surface area contributed by atoms with Crippen LogP contribution >= 0.6 is 22.7 Å². The first kappa shape index (κ1) is 25.9. The van der Waals surface area contributed by atoms with E-state index in [0.717, 1.165) is 28.5 Å². The minimum absolute atomic E-state index is 0.0316. The number of aromatic nitrogens is 3. The molecule has 1 N–H and O–H groups in total. The maximum Gasteiger partial charge on any atom is 0.417 e. The molecule has 0 spiro atoms. The molecule has 200 valence electrons. The highest BCUT2D eigenvalue weighted by Gasteiger charge is 2.35. The van der Waals surface area contributed by atoms with E-state index in [4.69, 9.17) is 0 Å². The first-order valence-electron chi connectivity index (χ1n) is 12.0. The second-order valence-corrected chi connectivity index (χ2v) is 11.1. The Morgan fingerprint density at radius 2 is 1.77 bits per heavy atom. The van der Waals surface area contributed by atoms with Crippen molar-refractivity contribution in [2.75, 3.05) is 0 Å². The van der Waals surface area contributed by atoms with Crippen LogP contribution in [0, 0.1) is 13.8 Å². The van der Waals surface area contributed by atoms with Crippen LogP contribution in [-0.4, -0.2) is 25.9 Å². The summed E-state index contributed by atoms with van der Waals surface area (Å²) >= 11 is 2.04. The molecular formula is C29H19F3N4O2S2. The molecule has 2 aromatic carbocycles. The summed E-state index contributed by atoms with van der Waals surface area (Å²) in [6.45, 7) is 3.77. The summed E-state index contributed by atoms with van der Waals surface area (Å²) in [5.41, 5.74) is 1.40. The van der Waals surface area contributed by atoms with Gasteiger partial charge < -0.3 is 5.11 Å². The molecule has 4 heterocycles. The summed E-state index contributed by atoms with van der Waals surface area (Å²) in [7, 11) is 0. The zero-order valence-corrected chi connectivity index (χ0v) is 22.7. The minimum Gasteiger partial charge on any atom is -0.494 e. The molecule has 0 aliphatic carbocycles. The second-order valence-electron chi connectivity index (χ2n) is 9.15. The molecule has 0 aliphatic heterocycles. The van der Waals surface area contributed by atoms with Crippen molar-refractivity contribution in [1.29, 1.82) is 0 Å². The molecule has 0 bridgehead atoms. The molecular weight excluding hydrogens is 557 g/mol. The summed E-state index contributed by atoms with van der Waals surface area (Å²) in [6.07, 6.45) is -3.29. The van der Waals surface area contributed by atoms with Crippen molar-refractivity contribution in [3.63, 3.8) is 0 Å². The Balaban J connectivity index is 1.53. The maximum absolute atomic E-state index is 14.0. The van der Waals surface area contributed by atoms with Crippen molar-refractivity contribution in [2.45, 2.75) is 20.0 Å². The maximum atomic E-state index is 14.0. The standard InChI is InChI=1S/C29H19F3N4O2S2/c1-15-9-10-22(16(2)12-15)36-26(37)18-7-4-3-6-17(18)19(27(36)38)14-33-28-35-25-24(40-28)20(29(30,31)32)13-21(34-25)23-8-5-11-39-23/h3-14,38H,1-2H3/b33-14+. The zero-order chi connectivity index (χ0) is 28.2. The number of benzene rings is 2. The van der Waals surface area contributed by atoms with Gasteiger partial charge in [0, 0.05) is 17.0 Å². The van der Waals surface area contributed by atoms with Crippen molar-refractivity contribution < 1.29 is 18.3 Å². The SMILES string of the molecule is Cc1ccc(-n2c(O)c(/C=N/c3nc4nc(-c5cccs5)cc(C(F)(F)F)c4s3)c3ccccc3c2=O)c(C)c1. The minimum atomic E-state index is -4.61. The van der Waals surface area contributed by atoms with Crippen molar-refractivity contribution in [1.82, 2.24) is 14.5 Å². The number of rotatable bonds is 4. The van der Waals surface area contributed by atoms with E-state index in [-0.39, 0.29) is 32.6 Å². The Morgan fingerprint density at radius 1 is 1.00 bits per heavy atom. The molecule has 0 unspecified atom stereocenters. The van der Waals surface area contributed by atoms with E-state index in [0.29, 0.717) is 21.3 Å². The fourth-order valence-corrected chi connectivity index (χ4v) is 6.18. The highest BCUT2D eigenvalue weighted by atomic mass is 32.1. The number of thiazole rings is 1. The molecule has 6 rings (SSSR count). The summed E-state index contributed by atoms with van der Waals surface area (Å²) in [4.78, 5) is 27.0. The molecule has 0 aliphatic rings. The van der Waals surface area contributed by atoms with Crippen LogP contribution < -0.4 is 5.56 Å². The third-order valence-electron chi connectivity index (χ3n) is 6.43. The van der Waals surface area contributed by atoms with Gasteiger partial charge in [-0.2, -0.15) is 18.2 Å². The average molecular weight is 577 g/mol. The molecule has 6 nitrogen and oxygen atoms in total. The summed E-state index contributed by atoms with van der Waals surface area (Å²) in [5, 5.41) is 13.9. The van der Waals surface area contributed by atoms with Gasteiger partial charge in [-0.05, 0) is 49.1 Å². The van der Waals surface area contributed by atoms with Crippen LogP contribution in [0.1, 0.15) is 22.3 Å². The normalized spacial score (nSPS) is 12.2. The summed E-state index contributed by atoms with van der Waals surface area (Å²) < 4.78 is 43.0. The highest BCUT2D eigenvalue weighted by molar-refractivity contribution is 7.22. The quantitative estimate of drug-likeness (QED) is 0.217. The van der Waals surface area contributed by atoms with Gasteiger partial charge in [0.2, 0.25) is 11.0 Å². The van der Waals surface area contributed by atoms with E-state index < -0.39 is 17.3 Å². The number of thiophene rings is 1. The molecule has 0 atom stereocenters. The first-order valence-corrected chi connectivity index (χ1v) is 13.7. The number of nitrogens with zero attached hydrogens (tertiary/aromatic N) is 4. The third-order valence-corrected chi connectivity index (χ3v) is 8.31. The summed E-state index contributed by atoms with van der Waals surface area (Å²) in [6, 6.07) is 16.7. The topological polar surface area (TPSA) is 80.4 Å². The largest absolute Gasteiger partial charge is 0.494 e. The lowest BCUT2D eigenvalue weighted by molar-refractivity contribution is -0.136. The van der Waals surface area contributed by atoms with Gasteiger partial charge in [0.15, 0.2) is 5.65 Å². The molecule has 0 amide bonds. The van der Waals surface area contributed by atoms with E-state index in [1.165, 1.54) is 22.1 Å². The van der Waals surface area contributed by atoms with Crippen LogP contribution in [0.3, 0.4) is 0 Å². The van der Waals surface area contributed by atoms with Crippen LogP contribution in [0.15, 0.2) is 75.8 Å². The Morgan fingerprint density at radius 3 is 2.48 bits per heavy atom. The molecule has 0 saturated carbocycles. The lowest BCUT2D eigenvalue weighted by atomic mass is 10.1. The number of aromatic hydroxyl groups is 1. The Kier molecular flexibility index (Phi) is 6.27. The lowest BCUT2D eigenvalue weighted by Crippen LogP contribution is -2.21. The van der Waals surface area contributed by atoms with E-state index in [2.05, 4.69) is 15.0 Å². The van der Waals surface area contributed by atoms with Crippen LogP contribution in [0.25, 0.3) is 37.4 Å². The van der Waals surface area contributed by atoms with Crippen molar-refractivity contribution in [3.05, 3.63) is 98.7 Å². The van der Waals surface area contributed by atoms with Gasteiger partial charge in [0.25, 0.3) is 5.56 Å². The number of hydrogen-bond donors (Lipinski definition) is 1. The van der Waals surface area contributed by atoms with Crippen molar-refractivity contribution in [2.24, 2.45) is 4.99 Å². The van der Waals surface area contributed by atoms with E-state index >= 15 is 0 Å². The number of halogens is 3. The highest BCUT2D eigenvalue weighted by Crippen LogP contribution is 2.41. The van der Waals surface area contributed by atoms with Crippen LogP contribution in [0.2, 0.25) is 0 Å². The number of alkyl halides is 3. The van der Waals surface area contributed by atoms with Gasteiger partial charge in [-0.25, -0.2) is 14.5 Å². The molecule has 6 aromatic rings. The number of pyridine rings is 2. The van der Waals surface area contributed by atoms with Gasteiger partial charge >= 0.3 is 6.18 Å². The molecule has 0 radical (unpaired) electrons. The lowest BCUT2D eigenvalue weighted by Gasteiger charge is -2.15. The van der Waals surface area contributed by atoms with Crippen molar-refractivity contribution in [3.8, 4) is 22.1 Å². The monoisotopic (exact) mass is 576 g/mol. The van der Waals surface area contributed by atoms with Crippen LogP contribution in [0.4, 0.5) is 18.3 Å². The van der Waals surface area contributed by atoms with Gasteiger partial charge in [-0.3, -0.25) is 4.79 Å². The number of fused-ring (bicyclic) bond motifs is 2. The van der Waals surface area contributed by atoms with E-state index in [9.17, 15) is 23.1 Å². The van der Waals surface area contributed by atoms with Crippen LogP contribution in [0.5, 0.6) is 5.88 Å². The van der Waals surface area contributed by atoms with E-state index in [1.54, 1.807) is 47.8 Å². The van der Waals surface area contributed by atoms with Gasteiger partial charge in [-0.15, -0.1) is 11.3 Å². The van der Waals surface area contributed by atoms with Crippen molar-refractivity contribution >= 4 is 55.1 Å². The molecule has 40 heavy (non-hydrogen) atoms. The first-order chi connectivity index (χ1) is 19.1. The molecule has 11 heteroatoms. The van der Waals surface area contributed by atoms with Gasteiger partial charge in [0.1, 0.15) is 0 Å². The molecule has 0 fully saturated rings. The second kappa shape index (κ2) is 9.68. The predicted octanol–water partition coefficient (Wildman–Crippen LogP) is 7.82. The smallest absolute Gasteiger partial charge is 0.417 e. The van der Waals surface area contributed by atoms with Gasteiger partial charge in [0.05, 0.1) is 32.1 Å². The Hall–Kier alpha value is -4.35. The fourth-order valence-electron chi connectivity index (χ4n) is 4.61. The van der Waals surface area contributed by atoms with E-state index in [1.807, 2.05) is 26.0 Å². The molecule has 0 saturated heterocycles.